The Balaban J connectivity index is 1.57. The molecule has 34 heavy (non-hydrogen) atoms. The molecule has 3 aromatic carbocycles. The normalized spacial score (nSPS) is 12.8. The van der Waals surface area contributed by atoms with Crippen molar-refractivity contribution in [1.29, 1.82) is 0 Å². The molecule has 172 valence electrons. The number of carbonyl (C=O) groups excluding carboxylic acids is 1. The van der Waals surface area contributed by atoms with Gasteiger partial charge in [-0.25, -0.2) is 8.78 Å². The minimum atomic E-state index is -0.524. The number of carbonyl (C=O) groups is 1. The second-order valence-corrected chi connectivity index (χ2v) is 7.71. The largest absolute Gasteiger partial charge is 0.493 e. The Labute approximate surface area is 191 Å². The highest BCUT2D eigenvalue weighted by molar-refractivity contribution is 6.07. The van der Waals surface area contributed by atoms with Gasteiger partial charge in [0.05, 0.1) is 18.7 Å². The monoisotopic (exact) mass is 465 g/mol. The molecule has 0 fully saturated rings. The first-order chi connectivity index (χ1) is 16.4. The number of nitrogens with one attached hydrogen (secondary N) is 1. The summed E-state index contributed by atoms with van der Waals surface area (Å²) < 4.78 is 39.8. The number of amides is 1. The number of aromatic nitrogens is 1. The van der Waals surface area contributed by atoms with Gasteiger partial charge in [0.25, 0.3) is 5.91 Å². The van der Waals surface area contributed by atoms with Crippen LogP contribution in [-0.4, -0.2) is 22.4 Å². The van der Waals surface area contributed by atoms with E-state index in [1.165, 1.54) is 53.1 Å². The molecule has 1 aromatic heterocycles. The van der Waals surface area contributed by atoms with Crippen LogP contribution in [0.2, 0.25) is 0 Å². The Kier molecular flexibility index (Phi) is 5.42. The molecule has 1 amide bonds. The lowest BCUT2D eigenvalue weighted by atomic mass is 10.1. The summed E-state index contributed by atoms with van der Waals surface area (Å²) in [5, 5.41) is 16.5. The maximum Gasteiger partial charge on any atom is 0.255 e. The number of fused-ring (bicyclic) bond motifs is 2. The molecule has 2 heterocycles. The Morgan fingerprint density at radius 2 is 1.97 bits per heavy atom. The summed E-state index contributed by atoms with van der Waals surface area (Å²) in [7, 11) is 0. The Hall–Kier alpha value is -4.31. The van der Waals surface area contributed by atoms with E-state index in [1.807, 2.05) is 0 Å². The summed E-state index contributed by atoms with van der Waals surface area (Å²) in [6.07, 6.45) is 0. The van der Waals surface area contributed by atoms with Gasteiger partial charge in [0.1, 0.15) is 17.4 Å². The van der Waals surface area contributed by atoms with E-state index in [0.717, 1.165) is 0 Å². The third-order valence-corrected chi connectivity index (χ3v) is 5.53. The molecule has 1 aliphatic rings. The molecule has 0 saturated carbocycles. The summed E-state index contributed by atoms with van der Waals surface area (Å²) in [5.74, 6) is -1.54. The van der Waals surface area contributed by atoms with Crippen LogP contribution in [0.1, 0.15) is 21.5 Å². The van der Waals surface area contributed by atoms with Gasteiger partial charge in [-0.1, -0.05) is 6.07 Å². The molecule has 0 aliphatic carbocycles. The minimum absolute atomic E-state index is 0.00438. The average molecular weight is 465 g/mol. The summed E-state index contributed by atoms with van der Waals surface area (Å²) in [6, 6.07) is 12.4. The van der Waals surface area contributed by atoms with Crippen molar-refractivity contribution in [3.8, 4) is 11.6 Å². The van der Waals surface area contributed by atoms with Gasteiger partial charge in [0.15, 0.2) is 12.5 Å². The van der Waals surface area contributed by atoms with Crippen LogP contribution in [0.5, 0.6) is 11.6 Å². The van der Waals surface area contributed by atoms with Gasteiger partial charge < -0.3 is 24.5 Å². The highest BCUT2D eigenvalue weighted by atomic mass is 19.1. The van der Waals surface area contributed by atoms with Crippen molar-refractivity contribution in [2.45, 2.75) is 13.2 Å². The van der Waals surface area contributed by atoms with Crippen molar-refractivity contribution in [2.75, 3.05) is 12.1 Å². The number of nitrogens with zero attached hydrogens (tertiary/aromatic N) is 2. The van der Waals surface area contributed by atoms with E-state index in [4.69, 9.17) is 9.47 Å². The third-order valence-electron chi connectivity index (χ3n) is 5.53. The predicted molar refractivity (Wildman–Crippen MR) is 119 cm³/mol. The zero-order valence-electron chi connectivity index (χ0n) is 17.5. The van der Waals surface area contributed by atoms with Gasteiger partial charge in [-0.3, -0.25) is 4.79 Å². The quantitative estimate of drug-likeness (QED) is 0.395. The first-order valence-electron chi connectivity index (χ1n) is 10.2. The average Bonchev–Trinajstić information content (AvgIpc) is 3.08. The van der Waals surface area contributed by atoms with Crippen molar-refractivity contribution in [3.05, 3.63) is 87.8 Å². The topological polar surface area (TPSA) is 102 Å². The lowest BCUT2D eigenvalue weighted by molar-refractivity contribution is -0.0173. The molecular weight excluding hydrogens is 448 g/mol. The fourth-order valence-corrected chi connectivity index (χ4v) is 4.02. The number of ether oxygens (including phenoxy) is 2. The zero-order valence-corrected chi connectivity index (χ0v) is 17.5. The van der Waals surface area contributed by atoms with Crippen LogP contribution >= 0.6 is 0 Å². The van der Waals surface area contributed by atoms with Crippen LogP contribution < -0.4 is 10.1 Å². The smallest absolute Gasteiger partial charge is 0.255 e. The minimum Gasteiger partial charge on any atom is -0.493 e. The van der Waals surface area contributed by atoms with Crippen molar-refractivity contribution in [2.24, 2.45) is 5.18 Å². The highest BCUT2D eigenvalue weighted by Gasteiger charge is 2.23. The number of rotatable bonds is 5. The van der Waals surface area contributed by atoms with E-state index in [9.17, 15) is 23.6 Å². The molecule has 0 bridgehead atoms. The highest BCUT2D eigenvalue weighted by Crippen LogP contribution is 2.40. The van der Waals surface area contributed by atoms with Gasteiger partial charge in [-0.2, -0.15) is 0 Å². The van der Waals surface area contributed by atoms with Crippen LogP contribution in [0.25, 0.3) is 10.9 Å². The zero-order chi connectivity index (χ0) is 23.8. The first kappa shape index (κ1) is 21.5. The van der Waals surface area contributed by atoms with Gasteiger partial charge in [0, 0.05) is 27.8 Å². The standard InChI is InChI=1S/C24H17F2N3O5/c25-16-2-1-3-18(9-16)27-23(30)13-4-5-19-20(8-13)29(24(31)21(19)28-32)10-14-6-17(26)7-15-11-33-12-34-22(14)15/h1-9,31H,10-12H2,(H,27,30). The maximum absolute atomic E-state index is 14.2. The number of hydrogen-bond acceptors (Lipinski definition) is 6. The Morgan fingerprint density at radius 1 is 1.12 bits per heavy atom. The molecule has 10 heteroatoms. The molecule has 5 rings (SSSR count). The van der Waals surface area contributed by atoms with Crippen LogP contribution in [0, 0.1) is 16.5 Å². The SMILES string of the molecule is O=Nc1c(O)n(Cc2cc(F)cc3c2OCOC3)c2cc(C(=O)Nc3cccc(F)c3)ccc12. The number of halogens is 2. The molecule has 1 aliphatic heterocycles. The molecule has 0 unspecified atom stereocenters. The van der Waals surface area contributed by atoms with E-state index in [-0.39, 0.29) is 36.9 Å². The Morgan fingerprint density at radius 3 is 2.76 bits per heavy atom. The summed E-state index contributed by atoms with van der Waals surface area (Å²) >= 11 is 0. The van der Waals surface area contributed by atoms with Crippen LogP contribution in [-0.2, 0) is 17.9 Å². The molecule has 0 spiro atoms. The summed E-state index contributed by atoms with van der Waals surface area (Å²) in [6.45, 7) is 0.104. The number of anilines is 1. The molecule has 2 N–H and O–H groups in total. The van der Waals surface area contributed by atoms with Crippen molar-refractivity contribution < 1.29 is 28.2 Å². The summed E-state index contributed by atoms with van der Waals surface area (Å²) in [4.78, 5) is 24.2. The van der Waals surface area contributed by atoms with E-state index < -0.39 is 23.4 Å². The number of nitroso groups, excluding NO2 is 1. The van der Waals surface area contributed by atoms with Gasteiger partial charge >= 0.3 is 0 Å². The van der Waals surface area contributed by atoms with E-state index in [0.29, 0.717) is 27.8 Å². The predicted octanol–water partition coefficient (Wildman–Crippen LogP) is 5.19. The maximum atomic E-state index is 14.2. The van der Waals surface area contributed by atoms with E-state index >= 15 is 0 Å². The molecule has 8 nitrogen and oxygen atoms in total. The number of benzene rings is 3. The second kappa shape index (κ2) is 8.56. The fraction of sp³-hybridized carbons (Fsp3) is 0.125. The lowest BCUT2D eigenvalue weighted by Gasteiger charge is -2.21. The molecule has 0 radical (unpaired) electrons. The van der Waals surface area contributed by atoms with E-state index in [2.05, 4.69) is 10.5 Å². The van der Waals surface area contributed by atoms with Crippen molar-refractivity contribution in [3.63, 3.8) is 0 Å². The van der Waals surface area contributed by atoms with Gasteiger partial charge in [-0.05, 0) is 53.7 Å². The second-order valence-electron chi connectivity index (χ2n) is 7.71. The van der Waals surface area contributed by atoms with Crippen molar-refractivity contribution in [1.82, 2.24) is 4.57 Å². The summed E-state index contributed by atoms with van der Waals surface area (Å²) in [5.41, 5.74) is 1.51. The Bertz CT molecular complexity index is 1450. The fourth-order valence-electron chi connectivity index (χ4n) is 4.02. The molecular formula is C24H17F2N3O5. The van der Waals surface area contributed by atoms with Crippen LogP contribution in [0.3, 0.4) is 0 Å². The molecule has 4 aromatic rings. The molecule has 0 saturated heterocycles. The van der Waals surface area contributed by atoms with Crippen molar-refractivity contribution >= 4 is 28.2 Å². The van der Waals surface area contributed by atoms with Gasteiger partial charge in [-0.15, -0.1) is 4.91 Å². The molecule has 0 atom stereocenters. The lowest BCUT2D eigenvalue weighted by Crippen LogP contribution is -2.15. The van der Waals surface area contributed by atoms with Crippen LogP contribution in [0.4, 0.5) is 20.2 Å². The van der Waals surface area contributed by atoms with Crippen LogP contribution in [0.15, 0.2) is 59.8 Å². The number of aromatic hydroxyl groups is 1. The number of hydrogen-bond donors (Lipinski definition) is 2. The first-order valence-corrected chi connectivity index (χ1v) is 10.2. The van der Waals surface area contributed by atoms with Gasteiger partial charge in [0.2, 0.25) is 5.88 Å². The van der Waals surface area contributed by atoms with E-state index in [1.54, 1.807) is 6.07 Å². The third kappa shape index (κ3) is 3.84.